The highest BCUT2D eigenvalue weighted by Crippen LogP contribution is 2.26. The Balaban J connectivity index is 2.08. The zero-order valence-corrected chi connectivity index (χ0v) is 12.2. The Bertz CT molecular complexity index is 533. The summed E-state index contributed by atoms with van der Waals surface area (Å²) in [6.07, 6.45) is 1.51. The van der Waals surface area contributed by atoms with Gasteiger partial charge < -0.3 is 5.32 Å². The lowest BCUT2D eigenvalue weighted by Crippen LogP contribution is -2.15. The number of thiophene rings is 1. The van der Waals surface area contributed by atoms with E-state index in [4.69, 9.17) is 0 Å². The highest BCUT2D eigenvalue weighted by molar-refractivity contribution is 7.08. The topological polar surface area (TPSA) is 29.1 Å². The number of anilines is 1. The number of para-hydroxylation sites is 1. The Labute approximate surface area is 118 Å². The summed E-state index contributed by atoms with van der Waals surface area (Å²) in [5, 5.41) is 7.04. The van der Waals surface area contributed by atoms with Crippen LogP contribution in [0.2, 0.25) is 0 Å². The van der Waals surface area contributed by atoms with Crippen LogP contribution >= 0.6 is 11.3 Å². The average Bonchev–Trinajstić information content (AvgIpc) is 2.91. The first-order valence-corrected chi connectivity index (χ1v) is 7.54. The van der Waals surface area contributed by atoms with Crippen molar-refractivity contribution in [2.75, 3.05) is 5.32 Å². The van der Waals surface area contributed by atoms with Gasteiger partial charge in [0, 0.05) is 5.69 Å². The molecule has 1 heterocycles. The molecule has 0 saturated heterocycles. The van der Waals surface area contributed by atoms with Crippen molar-refractivity contribution in [1.82, 2.24) is 0 Å². The number of rotatable bonds is 5. The molecule has 0 aliphatic rings. The van der Waals surface area contributed by atoms with E-state index in [1.54, 1.807) is 11.3 Å². The van der Waals surface area contributed by atoms with Crippen LogP contribution in [0.25, 0.3) is 0 Å². The van der Waals surface area contributed by atoms with E-state index >= 15 is 0 Å². The molecule has 0 radical (unpaired) electrons. The number of benzene rings is 1. The molecule has 1 amide bonds. The van der Waals surface area contributed by atoms with Crippen LogP contribution in [0.3, 0.4) is 0 Å². The van der Waals surface area contributed by atoms with E-state index in [1.807, 2.05) is 35.0 Å². The minimum atomic E-state index is 0.0501. The zero-order chi connectivity index (χ0) is 13.7. The largest absolute Gasteiger partial charge is 0.326 e. The van der Waals surface area contributed by atoms with E-state index in [1.165, 1.54) is 5.56 Å². The van der Waals surface area contributed by atoms with Crippen LogP contribution in [0.1, 0.15) is 37.3 Å². The van der Waals surface area contributed by atoms with Gasteiger partial charge in [0.1, 0.15) is 0 Å². The second-order valence-corrected chi connectivity index (χ2v) is 5.53. The SMILES string of the molecule is CC[C@@H](C)c1ccccc1NC(=O)Cc1ccsc1. The lowest BCUT2D eigenvalue weighted by Gasteiger charge is -2.15. The highest BCUT2D eigenvalue weighted by Gasteiger charge is 2.11. The van der Waals surface area contributed by atoms with Crippen LogP contribution in [-0.2, 0) is 11.2 Å². The van der Waals surface area contributed by atoms with Gasteiger partial charge in [0.15, 0.2) is 0 Å². The van der Waals surface area contributed by atoms with Crippen molar-refractivity contribution in [3.63, 3.8) is 0 Å². The number of carbonyl (C=O) groups excluding carboxylic acids is 1. The van der Waals surface area contributed by atoms with Crippen molar-refractivity contribution in [3.8, 4) is 0 Å². The number of hydrogen-bond donors (Lipinski definition) is 1. The van der Waals surface area contributed by atoms with Crippen molar-refractivity contribution in [2.24, 2.45) is 0 Å². The first-order valence-electron chi connectivity index (χ1n) is 6.60. The van der Waals surface area contributed by atoms with E-state index in [9.17, 15) is 4.79 Å². The van der Waals surface area contributed by atoms with Crippen molar-refractivity contribution >= 4 is 22.9 Å². The van der Waals surface area contributed by atoms with Gasteiger partial charge in [0.2, 0.25) is 5.91 Å². The summed E-state index contributed by atoms with van der Waals surface area (Å²) in [6, 6.07) is 10.0. The summed E-state index contributed by atoms with van der Waals surface area (Å²) in [5.74, 6) is 0.506. The molecule has 0 saturated carbocycles. The normalized spacial score (nSPS) is 12.1. The maximum Gasteiger partial charge on any atom is 0.228 e. The summed E-state index contributed by atoms with van der Waals surface area (Å²) < 4.78 is 0. The fraction of sp³-hybridized carbons (Fsp3) is 0.312. The molecule has 1 atom stereocenters. The lowest BCUT2D eigenvalue weighted by molar-refractivity contribution is -0.115. The Kier molecular flexibility index (Phi) is 4.74. The van der Waals surface area contributed by atoms with Gasteiger partial charge in [-0.3, -0.25) is 4.79 Å². The Hall–Kier alpha value is -1.61. The van der Waals surface area contributed by atoms with Gasteiger partial charge in [-0.15, -0.1) is 0 Å². The average molecular weight is 273 g/mol. The number of nitrogens with one attached hydrogen (secondary N) is 1. The molecule has 19 heavy (non-hydrogen) atoms. The number of hydrogen-bond acceptors (Lipinski definition) is 2. The monoisotopic (exact) mass is 273 g/mol. The number of carbonyl (C=O) groups is 1. The molecule has 100 valence electrons. The third kappa shape index (κ3) is 3.67. The van der Waals surface area contributed by atoms with E-state index in [0.717, 1.165) is 17.7 Å². The molecule has 0 aliphatic carbocycles. The van der Waals surface area contributed by atoms with Crippen molar-refractivity contribution < 1.29 is 4.79 Å². The molecule has 0 fully saturated rings. The molecular formula is C16H19NOS. The standard InChI is InChI=1S/C16H19NOS/c1-3-12(2)14-6-4-5-7-15(14)17-16(18)10-13-8-9-19-11-13/h4-9,11-12H,3,10H2,1-2H3,(H,17,18)/t12-/m1/s1. The second-order valence-electron chi connectivity index (χ2n) is 4.75. The Morgan fingerprint density at radius 1 is 1.32 bits per heavy atom. The first kappa shape index (κ1) is 13.8. The van der Waals surface area contributed by atoms with Gasteiger partial charge in [0.05, 0.1) is 6.42 Å². The maximum atomic E-state index is 12.0. The van der Waals surface area contributed by atoms with E-state index in [0.29, 0.717) is 12.3 Å². The molecule has 1 aromatic heterocycles. The van der Waals surface area contributed by atoms with Gasteiger partial charge in [-0.1, -0.05) is 32.0 Å². The molecule has 1 N–H and O–H groups in total. The predicted octanol–water partition coefficient (Wildman–Crippen LogP) is 4.44. The molecule has 2 aromatic rings. The molecule has 3 heteroatoms. The van der Waals surface area contributed by atoms with E-state index in [-0.39, 0.29) is 5.91 Å². The van der Waals surface area contributed by atoms with Crippen LogP contribution < -0.4 is 5.32 Å². The van der Waals surface area contributed by atoms with Crippen molar-refractivity contribution in [2.45, 2.75) is 32.6 Å². The molecular weight excluding hydrogens is 254 g/mol. The van der Waals surface area contributed by atoms with Gasteiger partial charge in [0.25, 0.3) is 0 Å². The van der Waals surface area contributed by atoms with Gasteiger partial charge in [-0.05, 0) is 46.4 Å². The maximum absolute atomic E-state index is 12.0. The third-order valence-corrected chi connectivity index (χ3v) is 4.06. The summed E-state index contributed by atoms with van der Waals surface area (Å²) in [7, 11) is 0. The fourth-order valence-corrected chi connectivity index (χ4v) is 2.70. The molecule has 0 unspecified atom stereocenters. The van der Waals surface area contributed by atoms with Crippen LogP contribution in [0, 0.1) is 0 Å². The van der Waals surface area contributed by atoms with Crippen LogP contribution in [-0.4, -0.2) is 5.91 Å². The van der Waals surface area contributed by atoms with Gasteiger partial charge in [-0.2, -0.15) is 11.3 Å². The fourth-order valence-electron chi connectivity index (χ4n) is 2.03. The minimum absolute atomic E-state index is 0.0501. The van der Waals surface area contributed by atoms with Crippen LogP contribution in [0.5, 0.6) is 0 Å². The molecule has 2 nitrogen and oxygen atoms in total. The molecule has 0 spiro atoms. The van der Waals surface area contributed by atoms with E-state index in [2.05, 4.69) is 25.2 Å². The summed E-state index contributed by atoms with van der Waals surface area (Å²) in [6.45, 7) is 4.35. The first-order chi connectivity index (χ1) is 9.20. The minimum Gasteiger partial charge on any atom is -0.326 e. The van der Waals surface area contributed by atoms with Gasteiger partial charge in [-0.25, -0.2) is 0 Å². The third-order valence-electron chi connectivity index (χ3n) is 3.32. The summed E-state index contributed by atoms with van der Waals surface area (Å²) >= 11 is 1.62. The highest BCUT2D eigenvalue weighted by atomic mass is 32.1. The Morgan fingerprint density at radius 3 is 2.79 bits per heavy atom. The smallest absolute Gasteiger partial charge is 0.228 e. The zero-order valence-electron chi connectivity index (χ0n) is 11.3. The summed E-state index contributed by atoms with van der Waals surface area (Å²) in [5.41, 5.74) is 3.23. The quantitative estimate of drug-likeness (QED) is 0.857. The van der Waals surface area contributed by atoms with Gasteiger partial charge >= 0.3 is 0 Å². The molecule has 0 bridgehead atoms. The van der Waals surface area contributed by atoms with Crippen LogP contribution in [0.15, 0.2) is 41.1 Å². The molecule has 1 aromatic carbocycles. The lowest BCUT2D eigenvalue weighted by atomic mass is 9.97. The predicted molar refractivity (Wildman–Crippen MR) is 81.8 cm³/mol. The Morgan fingerprint density at radius 2 is 2.11 bits per heavy atom. The second kappa shape index (κ2) is 6.53. The van der Waals surface area contributed by atoms with Crippen LogP contribution in [0.4, 0.5) is 5.69 Å². The molecule has 0 aliphatic heterocycles. The van der Waals surface area contributed by atoms with Crippen molar-refractivity contribution in [3.05, 3.63) is 52.2 Å². The molecule has 2 rings (SSSR count). The van der Waals surface area contributed by atoms with E-state index < -0.39 is 0 Å². The van der Waals surface area contributed by atoms with Crippen molar-refractivity contribution in [1.29, 1.82) is 0 Å². The number of amides is 1. The summed E-state index contributed by atoms with van der Waals surface area (Å²) in [4.78, 5) is 12.0.